The Morgan fingerprint density at radius 3 is 2.59 bits per heavy atom. The highest BCUT2D eigenvalue weighted by molar-refractivity contribution is 7.13. The van der Waals surface area contributed by atoms with E-state index in [1.807, 2.05) is 47.8 Å². The van der Waals surface area contributed by atoms with Crippen LogP contribution in [-0.2, 0) is 9.53 Å². The fourth-order valence-corrected chi connectivity index (χ4v) is 3.21. The monoisotopic (exact) mass is 412 g/mol. The fraction of sp³-hybridized carbons (Fsp3) is 0.200. The summed E-state index contributed by atoms with van der Waals surface area (Å²) >= 11 is 1.50. The molecule has 9 heteroatoms. The van der Waals surface area contributed by atoms with Gasteiger partial charge in [-0.2, -0.15) is 5.10 Å². The van der Waals surface area contributed by atoms with Crippen LogP contribution in [0.1, 0.15) is 24.3 Å². The highest BCUT2D eigenvalue weighted by Crippen LogP contribution is 2.26. The van der Waals surface area contributed by atoms with Gasteiger partial charge in [-0.3, -0.25) is 10.1 Å². The zero-order valence-electron chi connectivity index (χ0n) is 15.9. The lowest BCUT2D eigenvalue weighted by molar-refractivity contribution is -0.127. The maximum Gasteiger partial charge on any atom is 0.357 e. The number of para-hydroxylation sites is 1. The largest absolute Gasteiger partial charge is 0.448 e. The van der Waals surface area contributed by atoms with Gasteiger partial charge in [-0.1, -0.05) is 24.3 Å². The Morgan fingerprint density at radius 2 is 1.93 bits per heavy atom. The molecule has 1 atom stereocenters. The molecule has 0 bridgehead atoms. The first-order chi connectivity index (χ1) is 14.0. The number of esters is 1. The SMILES string of the molecule is CCNC(=O)NC(=O)[C@@H](C)OC(=O)c1cc(-c2cccs2)nn1-c1ccccc1. The predicted octanol–water partition coefficient (Wildman–Crippen LogP) is 2.99. The van der Waals surface area contributed by atoms with Crippen LogP contribution >= 0.6 is 11.3 Å². The highest BCUT2D eigenvalue weighted by atomic mass is 32.1. The number of urea groups is 1. The van der Waals surface area contributed by atoms with Gasteiger partial charge in [-0.15, -0.1) is 11.3 Å². The number of aromatic nitrogens is 2. The summed E-state index contributed by atoms with van der Waals surface area (Å²) in [4.78, 5) is 37.2. The molecule has 0 spiro atoms. The molecule has 2 N–H and O–H groups in total. The maximum atomic E-state index is 12.8. The average Bonchev–Trinajstić information content (AvgIpc) is 3.38. The van der Waals surface area contributed by atoms with Crippen LogP contribution in [0.15, 0.2) is 53.9 Å². The number of carbonyl (C=O) groups excluding carboxylic acids is 3. The van der Waals surface area contributed by atoms with Gasteiger partial charge in [0.25, 0.3) is 5.91 Å². The molecule has 0 saturated carbocycles. The molecule has 2 heterocycles. The van der Waals surface area contributed by atoms with Crippen molar-refractivity contribution in [3.63, 3.8) is 0 Å². The van der Waals surface area contributed by atoms with Gasteiger partial charge in [0.2, 0.25) is 0 Å². The maximum absolute atomic E-state index is 12.8. The van der Waals surface area contributed by atoms with Crippen molar-refractivity contribution >= 4 is 29.2 Å². The minimum atomic E-state index is -1.16. The summed E-state index contributed by atoms with van der Waals surface area (Å²) in [7, 11) is 0. The molecule has 0 radical (unpaired) electrons. The normalized spacial score (nSPS) is 11.5. The summed E-state index contributed by atoms with van der Waals surface area (Å²) in [5.74, 6) is -1.43. The number of nitrogens with one attached hydrogen (secondary N) is 2. The van der Waals surface area contributed by atoms with E-state index in [1.165, 1.54) is 22.9 Å². The van der Waals surface area contributed by atoms with E-state index in [0.717, 1.165) is 4.88 Å². The Morgan fingerprint density at radius 1 is 1.17 bits per heavy atom. The first-order valence-corrected chi connectivity index (χ1v) is 9.86. The standard InChI is InChI=1S/C20H20N4O4S/c1-3-21-20(27)22-18(25)13(2)28-19(26)16-12-15(17-10-7-11-29-17)23-24(16)14-8-5-4-6-9-14/h4-13H,3H2,1-2H3,(H2,21,22,25,27)/t13-/m1/s1. The lowest BCUT2D eigenvalue weighted by Gasteiger charge is -2.13. The van der Waals surface area contributed by atoms with E-state index in [-0.39, 0.29) is 5.69 Å². The number of imide groups is 1. The number of hydrogen-bond acceptors (Lipinski definition) is 6. The summed E-state index contributed by atoms with van der Waals surface area (Å²) in [6.45, 7) is 3.49. The second kappa shape index (κ2) is 9.16. The molecule has 0 fully saturated rings. The third-order valence-electron chi connectivity index (χ3n) is 3.92. The molecule has 0 saturated heterocycles. The van der Waals surface area contributed by atoms with Crippen LogP contribution in [0.3, 0.4) is 0 Å². The summed E-state index contributed by atoms with van der Waals surface area (Å²) < 4.78 is 6.76. The van der Waals surface area contributed by atoms with Crippen molar-refractivity contribution < 1.29 is 19.1 Å². The Balaban J connectivity index is 1.84. The van der Waals surface area contributed by atoms with E-state index in [0.29, 0.717) is 17.9 Å². The van der Waals surface area contributed by atoms with Gasteiger partial charge in [0.15, 0.2) is 11.8 Å². The van der Waals surface area contributed by atoms with E-state index < -0.39 is 24.0 Å². The van der Waals surface area contributed by atoms with Crippen LogP contribution in [-0.4, -0.2) is 40.3 Å². The Hall–Kier alpha value is -3.46. The summed E-state index contributed by atoms with van der Waals surface area (Å²) in [6, 6.07) is 13.9. The first-order valence-electron chi connectivity index (χ1n) is 8.98. The van der Waals surface area contributed by atoms with Crippen molar-refractivity contribution in [1.29, 1.82) is 0 Å². The average molecular weight is 412 g/mol. The molecular weight excluding hydrogens is 392 g/mol. The van der Waals surface area contributed by atoms with Crippen molar-refractivity contribution in [1.82, 2.24) is 20.4 Å². The molecule has 0 aliphatic carbocycles. The van der Waals surface area contributed by atoms with E-state index in [9.17, 15) is 14.4 Å². The Kier molecular flexibility index (Phi) is 6.40. The zero-order valence-corrected chi connectivity index (χ0v) is 16.7. The number of benzene rings is 1. The van der Waals surface area contributed by atoms with E-state index >= 15 is 0 Å². The lowest BCUT2D eigenvalue weighted by Crippen LogP contribution is -2.44. The van der Waals surface area contributed by atoms with Gasteiger partial charge < -0.3 is 10.1 Å². The minimum absolute atomic E-state index is 0.178. The first kappa shape index (κ1) is 20.3. The third-order valence-corrected chi connectivity index (χ3v) is 4.81. The molecule has 0 unspecified atom stereocenters. The van der Waals surface area contributed by atoms with E-state index in [2.05, 4.69) is 15.7 Å². The Labute approximate surface area is 171 Å². The van der Waals surface area contributed by atoms with Crippen molar-refractivity contribution in [2.24, 2.45) is 0 Å². The fourth-order valence-electron chi connectivity index (χ4n) is 2.53. The predicted molar refractivity (Wildman–Crippen MR) is 109 cm³/mol. The quantitative estimate of drug-likeness (QED) is 0.606. The third kappa shape index (κ3) is 4.88. The molecule has 0 aliphatic heterocycles. The molecule has 29 heavy (non-hydrogen) atoms. The van der Waals surface area contributed by atoms with Crippen LogP contribution in [0.4, 0.5) is 4.79 Å². The van der Waals surface area contributed by atoms with Crippen LogP contribution in [0, 0.1) is 0 Å². The molecule has 3 aromatic rings. The smallest absolute Gasteiger partial charge is 0.357 e. The second-order valence-corrected chi connectivity index (χ2v) is 6.98. The van der Waals surface area contributed by atoms with Gasteiger partial charge >= 0.3 is 12.0 Å². The van der Waals surface area contributed by atoms with Crippen molar-refractivity contribution in [3.8, 4) is 16.3 Å². The Bertz CT molecular complexity index is 999. The molecule has 0 aliphatic rings. The molecule has 2 aromatic heterocycles. The van der Waals surface area contributed by atoms with Crippen LogP contribution < -0.4 is 10.6 Å². The minimum Gasteiger partial charge on any atom is -0.448 e. The molecule has 3 amide bonds. The molecule has 150 valence electrons. The van der Waals surface area contributed by atoms with Gasteiger partial charge in [0, 0.05) is 12.6 Å². The summed E-state index contributed by atoms with van der Waals surface area (Å²) in [5.41, 5.74) is 1.48. The van der Waals surface area contributed by atoms with Crippen LogP contribution in [0.5, 0.6) is 0 Å². The van der Waals surface area contributed by atoms with Crippen LogP contribution in [0.2, 0.25) is 0 Å². The molecular formula is C20H20N4O4S. The van der Waals surface area contributed by atoms with Crippen molar-refractivity contribution in [3.05, 3.63) is 59.6 Å². The van der Waals surface area contributed by atoms with Crippen LogP contribution in [0.25, 0.3) is 16.3 Å². The number of ether oxygens (including phenoxy) is 1. The number of rotatable bonds is 6. The van der Waals surface area contributed by atoms with E-state index in [4.69, 9.17) is 4.74 Å². The van der Waals surface area contributed by atoms with E-state index in [1.54, 1.807) is 13.0 Å². The summed E-state index contributed by atoms with van der Waals surface area (Å²) in [6.07, 6.45) is -1.16. The molecule has 1 aromatic carbocycles. The van der Waals surface area contributed by atoms with Crippen molar-refractivity contribution in [2.75, 3.05) is 6.54 Å². The lowest BCUT2D eigenvalue weighted by atomic mass is 10.3. The summed E-state index contributed by atoms with van der Waals surface area (Å²) in [5, 5.41) is 11.0. The second-order valence-electron chi connectivity index (χ2n) is 6.04. The number of hydrogen-bond donors (Lipinski definition) is 2. The van der Waals surface area contributed by atoms with Gasteiger partial charge in [0.05, 0.1) is 10.6 Å². The number of carbonyl (C=O) groups is 3. The zero-order chi connectivity index (χ0) is 20.8. The number of nitrogens with zero attached hydrogens (tertiary/aromatic N) is 2. The highest BCUT2D eigenvalue weighted by Gasteiger charge is 2.24. The number of amides is 3. The molecule has 8 nitrogen and oxygen atoms in total. The van der Waals surface area contributed by atoms with Gasteiger partial charge in [-0.05, 0) is 37.4 Å². The van der Waals surface area contributed by atoms with Gasteiger partial charge in [0.1, 0.15) is 5.69 Å². The molecule has 3 rings (SSSR count). The van der Waals surface area contributed by atoms with Gasteiger partial charge in [-0.25, -0.2) is 14.3 Å². The number of thiophene rings is 1. The van der Waals surface area contributed by atoms with Crippen molar-refractivity contribution in [2.45, 2.75) is 20.0 Å². The topological polar surface area (TPSA) is 102 Å².